The largest absolute Gasteiger partial charge is 0.475 e. The molecule has 0 radical (unpaired) electrons. The van der Waals surface area contributed by atoms with Gasteiger partial charge in [0, 0.05) is 5.56 Å². The number of aryl methyl sites for hydroxylation is 1. The maximum absolute atomic E-state index is 11.5. The number of carbonyl (C=O) groups is 1. The van der Waals surface area contributed by atoms with E-state index in [9.17, 15) is 14.9 Å². The van der Waals surface area contributed by atoms with E-state index in [-0.39, 0.29) is 18.0 Å². The predicted octanol–water partition coefficient (Wildman–Crippen LogP) is 2.62. The lowest BCUT2D eigenvalue weighted by molar-refractivity contribution is -0.386. The summed E-state index contributed by atoms with van der Waals surface area (Å²) in [6.45, 7) is 6.46. The van der Waals surface area contributed by atoms with Gasteiger partial charge in [0.05, 0.1) is 4.92 Å². The summed E-state index contributed by atoms with van der Waals surface area (Å²) in [5.74, 6) is -0.501. The molecule has 0 unspecified atom stereocenters. The topological polar surface area (TPSA) is 78.7 Å². The van der Waals surface area contributed by atoms with Gasteiger partial charge in [-0.15, -0.1) is 0 Å². The summed E-state index contributed by atoms with van der Waals surface area (Å²) in [6, 6.07) is 4.70. The van der Waals surface area contributed by atoms with E-state index < -0.39 is 16.5 Å². The van der Waals surface area contributed by atoms with Gasteiger partial charge in [0.1, 0.15) is 5.60 Å². The Bertz CT molecular complexity index is 490. The maximum atomic E-state index is 11.5. The first-order valence-electron chi connectivity index (χ1n) is 5.79. The van der Waals surface area contributed by atoms with E-state index in [0.717, 1.165) is 0 Å². The predicted molar refractivity (Wildman–Crippen MR) is 69.2 cm³/mol. The highest BCUT2D eigenvalue weighted by atomic mass is 16.6. The van der Waals surface area contributed by atoms with Gasteiger partial charge in [-0.2, -0.15) is 0 Å². The zero-order valence-corrected chi connectivity index (χ0v) is 11.4. The summed E-state index contributed by atoms with van der Waals surface area (Å²) in [5.41, 5.74) is -0.267. The number of hydrogen-bond donors (Lipinski definition) is 0. The van der Waals surface area contributed by atoms with Gasteiger partial charge in [-0.05, 0) is 33.8 Å². The Morgan fingerprint density at radius 3 is 2.53 bits per heavy atom. The van der Waals surface area contributed by atoms with Crippen molar-refractivity contribution in [3.05, 3.63) is 33.9 Å². The molecule has 104 valence electrons. The fraction of sp³-hybridized carbons (Fsp3) is 0.462. The van der Waals surface area contributed by atoms with E-state index in [2.05, 4.69) is 0 Å². The van der Waals surface area contributed by atoms with Gasteiger partial charge < -0.3 is 9.47 Å². The van der Waals surface area contributed by atoms with Crippen LogP contribution in [0.2, 0.25) is 0 Å². The smallest absolute Gasteiger partial charge is 0.344 e. The zero-order chi connectivity index (χ0) is 14.6. The number of nitrogens with zero attached hydrogens (tertiary/aromatic N) is 1. The van der Waals surface area contributed by atoms with Crippen molar-refractivity contribution in [2.24, 2.45) is 0 Å². The Hall–Kier alpha value is -2.11. The van der Waals surface area contributed by atoms with Crippen molar-refractivity contribution in [3.63, 3.8) is 0 Å². The number of esters is 1. The number of hydrogen-bond acceptors (Lipinski definition) is 5. The normalized spacial score (nSPS) is 10.9. The van der Waals surface area contributed by atoms with Crippen LogP contribution < -0.4 is 4.74 Å². The van der Waals surface area contributed by atoms with Crippen LogP contribution in [0.15, 0.2) is 18.2 Å². The summed E-state index contributed by atoms with van der Waals surface area (Å²) in [7, 11) is 0. The molecule has 0 aliphatic carbocycles. The lowest BCUT2D eigenvalue weighted by Gasteiger charge is -2.19. The summed E-state index contributed by atoms with van der Waals surface area (Å²) >= 11 is 0. The summed E-state index contributed by atoms with van der Waals surface area (Å²) < 4.78 is 10.2. The molecule has 6 nitrogen and oxygen atoms in total. The molecule has 0 aromatic heterocycles. The summed E-state index contributed by atoms with van der Waals surface area (Å²) in [5, 5.41) is 10.9. The number of benzene rings is 1. The monoisotopic (exact) mass is 267 g/mol. The Morgan fingerprint density at radius 1 is 1.37 bits per heavy atom. The SMILES string of the molecule is Cc1cccc(OCC(=O)OC(C)(C)C)c1[N+](=O)[O-]. The van der Waals surface area contributed by atoms with Crippen LogP contribution in [-0.2, 0) is 9.53 Å². The minimum Gasteiger partial charge on any atom is -0.475 e. The van der Waals surface area contributed by atoms with E-state index >= 15 is 0 Å². The number of carbonyl (C=O) groups excluding carboxylic acids is 1. The molecular weight excluding hydrogens is 250 g/mol. The summed E-state index contributed by atoms with van der Waals surface area (Å²) in [4.78, 5) is 21.9. The molecule has 0 bridgehead atoms. The highest BCUT2D eigenvalue weighted by Gasteiger charge is 2.21. The summed E-state index contributed by atoms with van der Waals surface area (Å²) in [6.07, 6.45) is 0. The first-order chi connectivity index (χ1) is 8.70. The number of rotatable bonds is 4. The molecule has 0 N–H and O–H groups in total. The highest BCUT2D eigenvalue weighted by Crippen LogP contribution is 2.30. The van der Waals surface area contributed by atoms with Crippen molar-refractivity contribution in [2.75, 3.05) is 6.61 Å². The van der Waals surface area contributed by atoms with Crippen molar-refractivity contribution in [1.29, 1.82) is 0 Å². The first kappa shape index (κ1) is 14.9. The average Bonchev–Trinajstić information content (AvgIpc) is 2.23. The van der Waals surface area contributed by atoms with Crippen LogP contribution in [-0.4, -0.2) is 23.1 Å². The van der Waals surface area contributed by atoms with Crippen LogP contribution >= 0.6 is 0 Å². The van der Waals surface area contributed by atoms with Crippen molar-refractivity contribution >= 4 is 11.7 Å². The van der Waals surface area contributed by atoms with Crippen LogP contribution in [0.1, 0.15) is 26.3 Å². The van der Waals surface area contributed by atoms with E-state index in [1.807, 2.05) is 0 Å². The molecule has 0 fully saturated rings. The van der Waals surface area contributed by atoms with E-state index in [4.69, 9.17) is 9.47 Å². The lowest BCUT2D eigenvalue weighted by atomic mass is 10.2. The fourth-order valence-corrected chi connectivity index (χ4v) is 1.49. The molecular formula is C13H17NO5. The molecule has 6 heteroatoms. The van der Waals surface area contributed by atoms with Gasteiger partial charge in [0.15, 0.2) is 12.4 Å². The third-order valence-electron chi connectivity index (χ3n) is 2.15. The van der Waals surface area contributed by atoms with Gasteiger partial charge >= 0.3 is 11.7 Å². The second-order valence-corrected chi connectivity index (χ2v) is 5.05. The average molecular weight is 267 g/mol. The van der Waals surface area contributed by atoms with Crippen LogP contribution in [0.25, 0.3) is 0 Å². The zero-order valence-electron chi connectivity index (χ0n) is 11.4. The highest BCUT2D eigenvalue weighted by molar-refractivity contribution is 5.72. The number of ether oxygens (including phenoxy) is 2. The van der Waals surface area contributed by atoms with E-state index in [1.54, 1.807) is 39.8 Å². The number of nitro groups is 1. The molecule has 0 aliphatic rings. The van der Waals surface area contributed by atoms with Crippen LogP contribution in [0.3, 0.4) is 0 Å². The second kappa shape index (κ2) is 5.69. The third kappa shape index (κ3) is 4.57. The fourth-order valence-electron chi connectivity index (χ4n) is 1.49. The maximum Gasteiger partial charge on any atom is 0.344 e. The van der Waals surface area contributed by atoms with E-state index in [1.165, 1.54) is 6.07 Å². The van der Waals surface area contributed by atoms with Gasteiger partial charge in [-0.25, -0.2) is 4.79 Å². The molecule has 1 aromatic rings. The molecule has 0 saturated heterocycles. The molecule has 0 saturated carbocycles. The van der Waals surface area contributed by atoms with Gasteiger partial charge in [0.2, 0.25) is 0 Å². The number of nitro benzene ring substituents is 1. The Labute approximate surface area is 111 Å². The molecule has 0 aliphatic heterocycles. The first-order valence-corrected chi connectivity index (χ1v) is 5.79. The molecule has 0 amide bonds. The van der Waals surface area contributed by atoms with Crippen LogP contribution in [0.4, 0.5) is 5.69 Å². The number of para-hydroxylation sites is 1. The van der Waals surface area contributed by atoms with Crippen molar-refractivity contribution in [3.8, 4) is 5.75 Å². The molecule has 0 spiro atoms. The van der Waals surface area contributed by atoms with Gasteiger partial charge in [-0.1, -0.05) is 12.1 Å². The van der Waals surface area contributed by atoms with Crippen LogP contribution in [0.5, 0.6) is 5.75 Å². The molecule has 19 heavy (non-hydrogen) atoms. The lowest BCUT2D eigenvalue weighted by Crippen LogP contribution is -2.27. The van der Waals surface area contributed by atoms with Gasteiger partial charge in [0.25, 0.3) is 0 Å². The Kier molecular flexibility index (Phi) is 4.47. The van der Waals surface area contributed by atoms with Gasteiger partial charge in [-0.3, -0.25) is 10.1 Å². The standard InChI is InChI=1S/C13H17NO5/c1-9-6-5-7-10(12(9)14(16)17)18-8-11(15)19-13(2,3)4/h5-7H,8H2,1-4H3. The van der Waals surface area contributed by atoms with Crippen molar-refractivity contribution < 1.29 is 19.2 Å². The molecule has 0 atom stereocenters. The third-order valence-corrected chi connectivity index (χ3v) is 2.15. The van der Waals surface area contributed by atoms with E-state index in [0.29, 0.717) is 5.56 Å². The minimum atomic E-state index is -0.612. The second-order valence-electron chi connectivity index (χ2n) is 5.05. The Morgan fingerprint density at radius 2 is 2.00 bits per heavy atom. The molecule has 1 rings (SSSR count). The quantitative estimate of drug-likeness (QED) is 0.476. The molecule has 0 heterocycles. The van der Waals surface area contributed by atoms with Crippen molar-refractivity contribution in [1.82, 2.24) is 0 Å². The minimum absolute atomic E-state index is 0.0656. The van der Waals surface area contributed by atoms with Crippen molar-refractivity contribution in [2.45, 2.75) is 33.3 Å². The molecule has 1 aromatic carbocycles. The van der Waals surface area contributed by atoms with Crippen LogP contribution in [0, 0.1) is 17.0 Å². The Balaban J connectivity index is 2.76.